The van der Waals surface area contributed by atoms with Gasteiger partial charge in [-0.3, -0.25) is 9.59 Å². The van der Waals surface area contributed by atoms with Crippen LogP contribution >= 0.6 is 0 Å². The number of amides is 1. The molecule has 0 radical (unpaired) electrons. The Hall–Kier alpha value is -1.88. The summed E-state index contributed by atoms with van der Waals surface area (Å²) in [5.74, 6) is 0.193. The van der Waals surface area contributed by atoms with Crippen LogP contribution in [0.3, 0.4) is 0 Å². The Kier molecular flexibility index (Phi) is 9.60. The molecule has 4 fully saturated rings. The highest BCUT2D eigenvalue weighted by Crippen LogP contribution is 2.65. The maximum Gasteiger partial charge on any atom is 0.306 e. The Labute approximate surface area is 242 Å². The van der Waals surface area contributed by atoms with Gasteiger partial charge >= 0.3 is 5.97 Å². The second-order valence-corrected chi connectivity index (χ2v) is 14.1. The largest absolute Gasteiger partial charge is 0.481 e. The van der Waals surface area contributed by atoms with E-state index < -0.39 is 5.97 Å². The first-order valence-corrected chi connectivity index (χ1v) is 16.6. The fraction of sp³-hybridized carbons (Fsp3) is 0.771. The molecular formula is C35H53NO4. The van der Waals surface area contributed by atoms with Crippen molar-refractivity contribution < 1.29 is 19.4 Å². The molecule has 5 heteroatoms. The van der Waals surface area contributed by atoms with Crippen LogP contribution in [0.25, 0.3) is 0 Å². The summed E-state index contributed by atoms with van der Waals surface area (Å²) in [6.45, 7) is 6.95. The highest BCUT2D eigenvalue weighted by molar-refractivity contribution is 5.81. The van der Waals surface area contributed by atoms with Crippen LogP contribution in [0.2, 0.25) is 0 Å². The summed E-state index contributed by atoms with van der Waals surface area (Å²) in [5, 5.41) is 9.82. The number of carboxylic acids is 1. The molecule has 4 aliphatic rings. The second kappa shape index (κ2) is 13.0. The van der Waals surface area contributed by atoms with Crippen molar-refractivity contribution in [2.45, 2.75) is 135 Å². The Morgan fingerprint density at radius 2 is 1.73 bits per heavy atom. The van der Waals surface area contributed by atoms with Crippen molar-refractivity contribution >= 4 is 11.9 Å². The molecule has 2 unspecified atom stereocenters. The fourth-order valence-electron chi connectivity index (χ4n) is 8.33. The van der Waals surface area contributed by atoms with Gasteiger partial charge in [0.25, 0.3) is 5.91 Å². The summed E-state index contributed by atoms with van der Waals surface area (Å²) in [4.78, 5) is 26.8. The van der Waals surface area contributed by atoms with E-state index in [1.807, 2.05) is 11.8 Å². The van der Waals surface area contributed by atoms with E-state index in [1.165, 1.54) is 68.9 Å². The minimum atomic E-state index is -0.649. The van der Waals surface area contributed by atoms with E-state index >= 15 is 0 Å². The number of hydrogen-bond donors (Lipinski definition) is 1. The van der Waals surface area contributed by atoms with Crippen LogP contribution in [0.4, 0.5) is 0 Å². The quantitative estimate of drug-likeness (QED) is 0.282. The van der Waals surface area contributed by atoms with Gasteiger partial charge in [-0.1, -0.05) is 70.2 Å². The lowest BCUT2D eigenvalue weighted by atomic mass is 9.76. The summed E-state index contributed by atoms with van der Waals surface area (Å²) in [6.07, 6.45) is 18.3. The van der Waals surface area contributed by atoms with Crippen LogP contribution in [-0.4, -0.2) is 47.7 Å². The predicted molar refractivity (Wildman–Crippen MR) is 159 cm³/mol. The topological polar surface area (TPSA) is 66.8 Å². The molecule has 2 heterocycles. The average Bonchev–Trinajstić information content (AvgIpc) is 3.45. The van der Waals surface area contributed by atoms with Crippen molar-refractivity contribution in [3.05, 3.63) is 35.4 Å². The van der Waals surface area contributed by atoms with E-state index in [0.29, 0.717) is 29.1 Å². The number of likely N-dealkylation sites (tertiary alicyclic amines) is 1. The first kappa shape index (κ1) is 29.6. The molecule has 1 aromatic rings. The van der Waals surface area contributed by atoms with Gasteiger partial charge in [0, 0.05) is 19.7 Å². The Morgan fingerprint density at radius 1 is 1.02 bits per heavy atom. The molecule has 222 valence electrons. The van der Waals surface area contributed by atoms with Crippen molar-refractivity contribution in [3.63, 3.8) is 0 Å². The van der Waals surface area contributed by atoms with E-state index in [0.717, 1.165) is 58.2 Å². The molecule has 2 aliphatic heterocycles. The predicted octanol–water partition coefficient (Wildman–Crippen LogP) is 8.08. The average molecular weight is 552 g/mol. The van der Waals surface area contributed by atoms with E-state index in [9.17, 15) is 14.7 Å². The number of benzene rings is 1. The van der Waals surface area contributed by atoms with E-state index in [4.69, 9.17) is 4.74 Å². The number of carboxylic acid groups (broad SMARTS) is 1. The highest BCUT2D eigenvalue weighted by Gasteiger charge is 2.55. The highest BCUT2D eigenvalue weighted by atomic mass is 16.5. The third kappa shape index (κ3) is 6.94. The number of ether oxygens (including phenoxy) is 1. The Bertz CT molecular complexity index is 981. The van der Waals surface area contributed by atoms with Crippen molar-refractivity contribution in [3.8, 4) is 0 Å². The third-order valence-corrected chi connectivity index (χ3v) is 11.3. The van der Waals surface area contributed by atoms with Crippen molar-refractivity contribution in [2.75, 3.05) is 19.7 Å². The second-order valence-electron chi connectivity index (χ2n) is 14.1. The number of piperidine rings is 1. The van der Waals surface area contributed by atoms with Gasteiger partial charge in [0.05, 0.1) is 5.92 Å². The van der Waals surface area contributed by atoms with Gasteiger partial charge in [-0.15, -0.1) is 0 Å². The smallest absolute Gasteiger partial charge is 0.306 e. The first-order valence-electron chi connectivity index (χ1n) is 16.6. The molecule has 1 aromatic carbocycles. The number of nitrogens with zero attached hydrogens (tertiary/aromatic N) is 1. The molecule has 2 saturated heterocycles. The van der Waals surface area contributed by atoms with E-state index in [-0.39, 0.29) is 17.9 Å². The number of hydrogen-bond acceptors (Lipinski definition) is 3. The van der Waals surface area contributed by atoms with Gasteiger partial charge in [-0.2, -0.15) is 0 Å². The lowest BCUT2D eigenvalue weighted by Gasteiger charge is -2.34. The summed E-state index contributed by atoms with van der Waals surface area (Å²) < 4.78 is 5.64. The summed E-state index contributed by atoms with van der Waals surface area (Å²) in [7, 11) is 0. The molecule has 40 heavy (non-hydrogen) atoms. The van der Waals surface area contributed by atoms with Crippen molar-refractivity contribution in [1.29, 1.82) is 0 Å². The van der Waals surface area contributed by atoms with E-state index in [1.54, 1.807) is 0 Å². The molecule has 2 aliphatic carbocycles. The molecule has 5 rings (SSSR count). The maximum atomic E-state index is 12.8. The molecule has 0 aromatic heterocycles. The zero-order valence-corrected chi connectivity index (χ0v) is 25.2. The SMILES string of the molecule is CCC(CC(CCCC1(C)CCCCCC1)c1ccc([C@H]2CC23CCN(C(=O)[C@H]2CCCO2)CC3)cc1)C(=O)O. The molecule has 5 nitrogen and oxygen atoms in total. The zero-order valence-electron chi connectivity index (χ0n) is 25.2. The van der Waals surface area contributed by atoms with Crippen LogP contribution in [0.15, 0.2) is 24.3 Å². The molecule has 1 amide bonds. The summed E-state index contributed by atoms with van der Waals surface area (Å²) in [6, 6.07) is 9.29. The number of rotatable bonds is 11. The molecule has 1 spiro atoms. The van der Waals surface area contributed by atoms with Crippen LogP contribution in [0.1, 0.15) is 140 Å². The first-order chi connectivity index (χ1) is 19.3. The number of carbonyl (C=O) groups excluding carboxylic acids is 1. The minimum absolute atomic E-state index is 0.201. The number of carbonyl (C=O) groups is 2. The lowest BCUT2D eigenvalue weighted by molar-refractivity contribution is -0.143. The Morgan fingerprint density at radius 3 is 2.33 bits per heavy atom. The summed E-state index contributed by atoms with van der Waals surface area (Å²) >= 11 is 0. The van der Waals surface area contributed by atoms with Crippen LogP contribution < -0.4 is 0 Å². The zero-order chi connectivity index (χ0) is 28.2. The Balaban J connectivity index is 1.18. The van der Waals surface area contributed by atoms with Crippen molar-refractivity contribution in [2.24, 2.45) is 16.7 Å². The summed E-state index contributed by atoms with van der Waals surface area (Å²) in [5.41, 5.74) is 3.57. The normalized spacial score (nSPS) is 27.2. The monoisotopic (exact) mass is 551 g/mol. The van der Waals surface area contributed by atoms with Gasteiger partial charge in [-0.05, 0) is 104 Å². The molecule has 2 saturated carbocycles. The van der Waals surface area contributed by atoms with E-state index in [2.05, 4.69) is 31.2 Å². The number of aliphatic carboxylic acids is 1. The molecular weight excluding hydrogens is 498 g/mol. The molecule has 0 bridgehead atoms. The van der Waals surface area contributed by atoms with Crippen LogP contribution in [-0.2, 0) is 14.3 Å². The van der Waals surface area contributed by atoms with Crippen molar-refractivity contribution in [1.82, 2.24) is 4.90 Å². The lowest BCUT2D eigenvalue weighted by Crippen LogP contribution is -2.44. The van der Waals surface area contributed by atoms with Gasteiger partial charge < -0.3 is 14.7 Å². The fourth-order valence-corrected chi connectivity index (χ4v) is 8.33. The maximum absolute atomic E-state index is 12.8. The van der Waals surface area contributed by atoms with Gasteiger partial charge in [-0.25, -0.2) is 0 Å². The standard InChI is InChI=1S/C35H53NO4/c1-3-26(33(38)39)24-29(10-8-18-34(2)16-6-4-5-7-17-34)27-12-14-28(15-13-27)30-25-35(30)19-21-36(22-20-35)32(37)31-11-9-23-40-31/h12-15,26,29-31H,3-11,16-25H2,1-2H3,(H,38,39)/t26?,29?,30-,31-/m1/s1. The van der Waals surface area contributed by atoms with Gasteiger partial charge in [0.2, 0.25) is 0 Å². The van der Waals surface area contributed by atoms with Gasteiger partial charge in [0.1, 0.15) is 6.10 Å². The molecule has 1 N–H and O–H groups in total. The molecule has 4 atom stereocenters. The third-order valence-electron chi connectivity index (χ3n) is 11.3. The van der Waals surface area contributed by atoms with Gasteiger partial charge in [0.15, 0.2) is 0 Å². The minimum Gasteiger partial charge on any atom is -0.481 e. The van der Waals surface area contributed by atoms with Crippen LogP contribution in [0, 0.1) is 16.7 Å². The van der Waals surface area contributed by atoms with Crippen LogP contribution in [0.5, 0.6) is 0 Å².